The van der Waals surface area contributed by atoms with E-state index in [0.717, 1.165) is 24.3 Å². The van der Waals surface area contributed by atoms with Crippen molar-refractivity contribution < 1.29 is 59.4 Å². The maximum Gasteiger partial charge on any atom is 0.430 e. The van der Waals surface area contributed by atoms with E-state index in [9.17, 15) is 54.6 Å². The zero-order valence-corrected chi connectivity index (χ0v) is 30.7. The summed E-state index contributed by atoms with van der Waals surface area (Å²) in [6.07, 6.45) is -12.3. The molecule has 11 nitrogen and oxygen atoms in total. The molecule has 0 bridgehead atoms. The second kappa shape index (κ2) is 16.9. The van der Waals surface area contributed by atoms with Gasteiger partial charge in [0.1, 0.15) is 17.2 Å². The zero-order valence-electron chi connectivity index (χ0n) is 30.7. The van der Waals surface area contributed by atoms with Crippen LogP contribution in [-0.2, 0) is 16.9 Å². The van der Waals surface area contributed by atoms with Gasteiger partial charge in [-0.15, -0.1) is 0 Å². The molecule has 56 heavy (non-hydrogen) atoms. The normalized spacial score (nSPS) is 15.9. The van der Waals surface area contributed by atoms with Gasteiger partial charge >= 0.3 is 18.4 Å². The van der Waals surface area contributed by atoms with Gasteiger partial charge in [-0.2, -0.15) is 26.3 Å². The van der Waals surface area contributed by atoms with E-state index in [2.05, 4.69) is 0 Å². The van der Waals surface area contributed by atoms with Gasteiger partial charge in [0, 0.05) is 75.6 Å². The lowest BCUT2D eigenvalue weighted by atomic mass is 9.91. The van der Waals surface area contributed by atoms with Crippen molar-refractivity contribution in [2.45, 2.75) is 50.9 Å². The highest BCUT2D eigenvalue weighted by Gasteiger charge is 2.71. The SMILES string of the molecule is CC(C)(C)OC(=O)N1CCN(C(=O)c2ccc(N)c(F)c2)CC1.Nc1ccc(C(=O)N2CCN(Cc3ccc(C(O)(C(F)(F)F)C(F)(F)F)cc3)CC2)cc1F. The van der Waals surface area contributed by atoms with Crippen LogP contribution in [-0.4, -0.2) is 113 Å². The molecule has 0 aliphatic carbocycles. The maximum atomic E-state index is 13.6. The fourth-order valence-electron chi connectivity index (χ4n) is 5.81. The topological polar surface area (TPSA) is 146 Å². The van der Waals surface area contributed by atoms with Crippen molar-refractivity contribution in [2.24, 2.45) is 0 Å². The van der Waals surface area contributed by atoms with Gasteiger partial charge in [0.15, 0.2) is 0 Å². The van der Waals surface area contributed by atoms with Gasteiger partial charge in [-0.05, 0) is 62.7 Å². The zero-order chi connectivity index (χ0) is 41.8. The van der Waals surface area contributed by atoms with Crippen molar-refractivity contribution in [2.75, 3.05) is 63.8 Å². The van der Waals surface area contributed by atoms with Gasteiger partial charge in [-0.1, -0.05) is 24.3 Å². The summed E-state index contributed by atoms with van der Waals surface area (Å²) in [5, 5.41) is 9.45. The molecule has 3 aromatic rings. The molecule has 3 aromatic carbocycles. The van der Waals surface area contributed by atoms with Crippen LogP contribution in [0.3, 0.4) is 0 Å². The number of benzene rings is 3. The van der Waals surface area contributed by atoms with Crippen LogP contribution in [0, 0.1) is 11.6 Å². The standard InChI is InChI=1S/C21H20F7N3O2.C16H22FN3O3/c22-16-11-14(3-6-17(16)29)18(32)31-9-7-30(8-10-31)12-13-1-4-15(5-2-13)19(33,20(23,24)25)21(26,27)28;1-16(2,3)23-15(22)20-8-6-19(7-9-20)14(21)11-4-5-13(18)12(17)10-11/h1-6,11,33H,7-10,12,29H2;4-5,10H,6-9,18H2,1-3H3. The predicted molar refractivity (Wildman–Crippen MR) is 189 cm³/mol. The predicted octanol–water partition coefficient (Wildman–Crippen LogP) is 5.78. The number of hydrogen-bond acceptors (Lipinski definition) is 8. The summed E-state index contributed by atoms with van der Waals surface area (Å²) in [4.78, 5) is 43.4. The molecule has 2 saturated heterocycles. The molecule has 0 aromatic heterocycles. The fraction of sp³-hybridized carbons (Fsp3) is 0.432. The first-order valence-corrected chi connectivity index (χ1v) is 17.3. The Kier molecular flexibility index (Phi) is 13.2. The van der Waals surface area contributed by atoms with Crippen LogP contribution < -0.4 is 11.5 Å². The molecule has 5 N–H and O–H groups in total. The number of nitrogens with two attached hydrogens (primary N) is 2. The number of carbonyl (C=O) groups is 3. The minimum atomic E-state index is -5.94. The Morgan fingerprint density at radius 1 is 0.643 bits per heavy atom. The van der Waals surface area contributed by atoms with Gasteiger partial charge in [0.25, 0.3) is 17.4 Å². The van der Waals surface area contributed by atoms with Crippen LogP contribution in [0.1, 0.15) is 52.6 Å². The molecular formula is C37H42F8N6O5. The van der Waals surface area contributed by atoms with Crippen LogP contribution in [0.15, 0.2) is 60.7 Å². The van der Waals surface area contributed by atoms with Crippen molar-refractivity contribution >= 4 is 29.3 Å². The van der Waals surface area contributed by atoms with E-state index < -0.39 is 40.8 Å². The van der Waals surface area contributed by atoms with E-state index in [4.69, 9.17) is 16.2 Å². The lowest BCUT2D eigenvalue weighted by Crippen LogP contribution is -2.53. The Hall–Kier alpha value is -5.17. The number of piperazine rings is 2. The summed E-state index contributed by atoms with van der Waals surface area (Å²) in [5.41, 5.74) is 4.74. The number of nitrogen functional groups attached to an aromatic ring is 2. The molecule has 19 heteroatoms. The van der Waals surface area contributed by atoms with E-state index in [1.54, 1.807) is 30.6 Å². The average molecular weight is 803 g/mol. The Labute approximate surface area is 317 Å². The van der Waals surface area contributed by atoms with Crippen LogP contribution in [0.25, 0.3) is 0 Å². The lowest BCUT2D eigenvalue weighted by molar-refractivity contribution is -0.376. The molecular weight excluding hydrogens is 760 g/mol. The van der Waals surface area contributed by atoms with Crippen molar-refractivity contribution in [3.63, 3.8) is 0 Å². The highest BCUT2D eigenvalue weighted by molar-refractivity contribution is 5.95. The Morgan fingerprint density at radius 3 is 1.41 bits per heavy atom. The average Bonchev–Trinajstić information content (AvgIpc) is 3.12. The molecule has 0 spiro atoms. The highest BCUT2D eigenvalue weighted by atomic mass is 19.4. The first-order chi connectivity index (χ1) is 25.9. The Bertz CT molecular complexity index is 1850. The minimum Gasteiger partial charge on any atom is -0.444 e. The largest absolute Gasteiger partial charge is 0.444 e. The molecule has 2 aliphatic rings. The van der Waals surface area contributed by atoms with E-state index in [0.29, 0.717) is 70.1 Å². The number of halogens is 8. The van der Waals surface area contributed by atoms with Crippen LogP contribution in [0.2, 0.25) is 0 Å². The smallest absolute Gasteiger partial charge is 0.430 e. The molecule has 0 saturated carbocycles. The number of hydrogen-bond donors (Lipinski definition) is 3. The van der Waals surface area contributed by atoms with Crippen molar-refractivity contribution in [1.29, 1.82) is 0 Å². The van der Waals surface area contributed by atoms with Crippen LogP contribution >= 0.6 is 0 Å². The van der Waals surface area contributed by atoms with Gasteiger partial charge in [0.2, 0.25) is 0 Å². The summed E-state index contributed by atoms with van der Waals surface area (Å²) in [6.45, 7) is 8.54. The van der Waals surface area contributed by atoms with E-state index in [-0.39, 0.29) is 47.0 Å². The number of nitrogens with zero attached hydrogens (tertiary/aromatic N) is 4. The van der Waals surface area contributed by atoms with Crippen molar-refractivity contribution in [3.8, 4) is 0 Å². The third kappa shape index (κ3) is 10.4. The summed E-state index contributed by atoms with van der Waals surface area (Å²) in [6, 6.07) is 11.2. The quantitative estimate of drug-likeness (QED) is 0.218. The number of carbonyl (C=O) groups excluding carboxylic acids is 3. The Balaban J connectivity index is 0.000000265. The molecule has 2 heterocycles. The maximum absolute atomic E-state index is 13.6. The van der Waals surface area contributed by atoms with Crippen LogP contribution in [0.4, 0.5) is 51.3 Å². The first-order valence-electron chi connectivity index (χ1n) is 17.3. The van der Waals surface area contributed by atoms with E-state index >= 15 is 0 Å². The Morgan fingerprint density at radius 2 is 1.04 bits per heavy atom. The summed E-state index contributed by atoms with van der Waals surface area (Å²) >= 11 is 0. The number of anilines is 2. The van der Waals surface area contributed by atoms with E-state index in [1.807, 2.05) is 4.90 Å². The molecule has 306 valence electrons. The number of ether oxygens (including phenoxy) is 1. The molecule has 0 radical (unpaired) electrons. The third-order valence-electron chi connectivity index (χ3n) is 8.97. The fourth-order valence-corrected chi connectivity index (χ4v) is 5.81. The summed E-state index contributed by atoms with van der Waals surface area (Å²) in [5.74, 6) is -1.96. The summed E-state index contributed by atoms with van der Waals surface area (Å²) in [7, 11) is 0. The molecule has 3 amide bonds. The third-order valence-corrected chi connectivity index (χ3v) is 8.97. The summed E-state index contributed by atoms with van der Waals surface area (Å²) < 4.78 is 110. The molecule has 0 atom stereocenters. The van der Waals surface area contributed by atoms with Gasteiger partial charge < -0.3 is 36.0 Å². The monoisotopic (exact) mass is 802 g/mol. The van der Waals surface area contributed by atoms with Gasteiger partial charge in [-0.25, -0.2) is 13.6 Å². The minimum absolute atomic E-state index is 0.0105. The van der Waals surface area contributed by atoms with Crippen molar-refractivity contribution in [1.82, 2.24) is 19.6 Å². The lowest BCUT2D eigenvalue weighted by Gasteiger charge is -2.35. The van der Waals surface area contributed by atoms with E-state index in [1.165, 1.54) is 29.2 Å². The number of aliphatic hydroxyl groups is 1. The second-order valence-electron chi connectivity index (χ2n) is 14.2. The first kappa shape index (κ1) is 43.6. The highest BCUT2D eigenvalue weighted by Crippen LogP contribution is 2.50. The molecule has 5 rings (SSSR count). The number of alkyl halides is 6. The molecule has 2 fully saturated rings. The molecule has 0 unspecified atom stereocenters. The van der Waals surface area contributed by atoms with Crippen LogP contribution in [0.5, 0.6) is 0 Å². The number of rotatable bonds is 5. The van der Waals surface area contributed by atoms with Gasteiger partial charge in [-0.3, -0.25) is 14.5 Å². The van der Waals surface area contributed by atoms with Gasteiger partial charge in [0.05, 0.1) is 11.4 Å². The molecule has 2 aliphatic heterocycles. The van der Waals surface area contributed by atoms with Crippen molar-refractivity contribution in [3.05, 3.63) is 94.6 Å². The number of amides is 3. The second-order valence-corrected chi connectivity index (χ2v) is 14.2.